The molecule has 5 heteroatoms. The summed E-state index contributed by atoms with van der Waals surface area (Å²) >= 11 is 0. The summed E-state index contributed by atoms with van der Waals surface area (Å²) in [4.78, 5) is 14.1. The second kappa shape index (κ2) is 7.06. The highest BCUT2D eigenvalue weighted by Gasteiger charge is 2.09. The number of carbonyl (C=O) groups excluding carboxylic acids is 1. The van der Waals surface area contributed by atoms with E-state index < -0.39 is 0 Å². The molecule has 1 heterocycles. The predicted molar refractivity (Wildman–Crippen MR) is 81.6 cm³/mol. The second-order valence-corrected chi connectivity index (χ2v) is 5.25. The topological polar surface area (TPSA) is 71.5 Å². The zero-order valence-corrected chi connectivity index (χ0v) is 12.4. The van der Waals surface area contributed by atoms with Crippen LogP contribution in [0, 0.1) is 0 Å². The van der Waals surface area contributed by atoms with Gasteiger partial charge < -0.3 is 20.4 Å². The highest BCUT2D eigenvalue weighted by atomic mass is 16.3. The standard InChI is InChI=1S/C16H21N3O2/c1-19(2)10-13-5-3-4-12(6-13)9-18-16(20)14-7-15(8-17)21-11-14/h3-7,11H,8-10,17H2,1-2H3,(H,18,20). The quantitative estimate of drug-likeness (QED) is 0.849. The minimum absolute atomic E-state index is 0.156. The van der Waals surface area contributed by atoms with Crippen molar-refractivity contribution in [2.75, 3.05) is 14.1 Å². The summed E-state index contributed by atoms with van der Waals surface area (Å²) in [5.41, 5.74) is 8.25. The molecule has 0 radical (unpaired) electrons. The van der Waals surface area contributed by atoms with Crippen molar-refractivity contribution in [1.82, 2.24) is 10.2 Å². The van der Waals surface area contributed by atoms with Gasteiger partial charge in [-0.1, -0.05) is 24.3 Å². The van der Waals surface area contributed by atoms with Crippen LogP contribution in [0.25, 0.3) is 0 Å². The van der Waals surface area contributed by atoms with Crippen molar-refractivity contribution in [3.8, 4) is 0 Å². The number of nitrogens with one attached hydrogen (secondary N) is 1. The summed E-state index contributed by atoms with van der Waals surface area (Å²) in [6.07, 6.45) is 1.43. The van der Waals surface area contributed by atoms with Gasteiger partial charge in [0.05, 0.1) is 12.1 Å². The molecule has 2 aromatic rings. The van der Waals surface area contributed by atoms with E-state index >= 15 is 0 Å². The molecule has 3 N–H and O–H groups in total. The molecule has 112 valence electrons. The monoisotopic (exact) mass is 287 g/mol. The van der Waals surface area contributed by atoms with Crippen molar-refractivity contribution in [3.05, 3.63) is 59.0 Å². The van der Waals surface area contributed by atoms with Crippen molar-refractivity contribution in [2.24, 2.45) is 5.73 Å². The minimum Gasteiger partial charge on any atom is -0.467 e. The molecule has 0 bridgehead atoms. The van der Waals surface area contributed by atoms with Gasteiger partial charge in [-0.15, -0.1) is 0 Å². The molecule has 5 nitrogen and oxygen atoms in total. The fourth-order valence-corrected chi connectivity index (χ4v) is 2.09. The van der Waals surface area contributed by atoms with Gasteiger partial charge >= 0.3 is 0 Å². The highest BCUT2D eigenvalue weighted by Crippen LogP contribution is 2.09. The molecule has 1 amide bonds. The Morgan fingerprint density at radius 2 is 2.05 bits per heavy atom. The van der Waals surface area contributed by atoms with E-state index in [9.17, 15) is 4.79 Å². The lowest BCUT2D eigenvalue weighted by molar-refractivity contribution is 0.0950. The smallest absolute Gasteiger partial charge is 0.254 e. The van der Waals surface area contributed by atoms with Gasteiger partial charge in [0.25, 0.3) is 5.91 Å². The molecule has 0 aliphatic heterocycles. The Labute approximate surface area is 124 Å². The van der Waals surface area contributed by atoms with Gasteiger partial charge in [0.15, 0.2) is 0 Å². The first-order chi connectivity index (χ1) is 10.1. The zero-order valence-electron chi connectivity index (χ0n) is 12.4. The lowest BCUT2D eigenvalue weighted by atomic mass is 10.1. The van der Waals surface area contributed by atoms with E-state index in [1.165, 1.54) is 11.8 Å². The maximum Gasteiger partial charge on any atom is 0.254 e. The highest BCUT2D eigenvalue weighted by molar-refractivity contribution is 5.93. The molecule has 0 saturated heterocycles. The van der Waals surface area contributed by atoms with Crippen LogP contribution >= 0.6 is 0 Å². The molecule has 21 heavy (non-hydrogen) atoms. The van der Waals surface area contributed by atoms with Gasteiger partial charge in [-0.3, -0.25) is 4.79 Å². The summed E-state index contributed by atoms with van der Waals surface area (Å²) < 4.78 is 5.16. The molecule has 0 fully saturated rings. The summed E-state index contributed by atoms with van der Waals surface area (Å²) in [5, 5.41) is 2.88. The number of benzene rings is 1. The summed E-state index contributed by atoms with van der Waals surface area (Å²) in [5.74, 6) is 0.449. The SMILES string of the molecule is CN(C)Cc1cccc(CNC(=O)c2coc(CN)c2)c1. The molecule has 1 aromatic heterocycles. The first-order valence-electron chi connectivity index (χ1n) is 6.86. The lowest BCUT2D eigenvalue weighted by Gasteiger charge is -2.11. The maximum absolute atomic E-state index is 12.0. The number of hydrogen-bond donors (Lipinski definition) is 2. The molecule has 0 saturated carbocycles. The minimum atomic E-state index is -0.156. The van der Waals surface area contributed by atoms with Gasteiger partial charge in [0.2, 0.25) is 0 Å². The largest absolute Gasteiger partial charge is 0.467 e. The molecule has 0 unspecified atom stereocenters. The molecule has 2 rings (SSSR count). The van der Waals surface area contributed by atoms with E-state index in [-0.39, 0.29) is 5.91 Å². The Balaban J connectivity index is 1.94. The molecule has 0 atom stereocenters. The normalized spacial score (nSPS) is 10.9. The van der Waals surface area contributed by atoms with Crippen molar-refractivity contribution in [2.45, 2.75) is 19.6 Å². The van der Waals surface area contributed by atoms with Gasteiger partial charge in [0, 0.05) is 13.1 Å². The molecular weight excluding hydrogens is 266 g/mol. The molecule has 1 aromatic carbocycles. The molecule has 0 aliphatic rings. The van der Waals surface area contributed by atoms with Crippen LogP contribution in [0.5, 0.6) is 0 Å². The van der Waals surface area contributed by atoms with Crippen LogP contribution < -0.4 is 11.1 Å². The predicted octanol–water partition coefficient (Wildman–Crippen LogP) is 1.73. The Bertz CT molecular complexity index is 605. The fourth-order valence-electron chi connectivity index (χ4n) is 2.09. The number of hydrogen-bond acceptors (Lipinski definition) is 4. The summed E-state index contributed by atoms with van der Waals surface area (Å²) in [7, 11) is 4.06. The third-order valence-electron chi connectivity index (χ3n) is 3.06. The average molecular weight is 287 g/mol. The van der Waals surface area contributed by atoms with Crippen molar-refractivity contribution < 1.29 is 9.21 Å². The summed E-state index contributed by atoms with van der Waals surface area (Å²) in [6, 6.07) is 9.85. The Morgan fingerprint density at radius 1 is 1.29 bits per heavy atom. The number of nitrogens with two attached hydrogens (primary N) is 1. The average Bonchev–Trinajstić information content (AvgIpc) is 2.93. The number of rotatable bonds is 6. The van der Waals surface area contributed by atoms with Crippen LogP contribution in [0.3, 0.4) is 0 Å². The summed E-state index contributed by atoms with van der Waals surface area (Å²) in [6.45, 7) is 1.66. The van der Waals surface area contributed by atoms with Crippen LogP contribution in [-0.4, -0.2) is 24.9 Å². The van der Waals surface area contributed by atoms with E-state index in [1.54, 1.807) is 6.07 Å². The van der Waals surface area contributed by atoms with Crippen LogP contribution in [0.15, 0.2) is 41.0 Å². The number of furan rings is 1. The van der Waals surface area contributed by atoms with Crippen LogP contribution in [0.2, 0.25) is 0 Å². The first-order valence-corrected chi connectivity index (χ1v) is 6.86. The van der Waals surface area contributed by atoms with E-state index in [1.807, 2.05) is 26.2 Å². The first kappa shape index (κ1) is 15.3. The number of carbonyl (C=O) groups is 1. The maximum atomic E-state index is 12.0. The molecule has 0 spiro atoms. The van der Waals surface area contributed by atoms with Gasteiger partial charge in [-0.05, 0) is 31.3 Å². The lowest BCUT2D eigenvalue weighted by Crippen LogP contribution is -2.22. The van der Waals surface area contributed by atoms with E-state index in [0.717, 1.165) is 12.1 Å². The van der Waals surface area contributed by atoms with Crippen LogP contribution in [0.4, 0.5) is 0 Å². The van der Waals surface area contributed by atoms with E-state index in [0.29, 0.717) is 24.4 Å². The van der Waals surface area contributed by atoms with E-state index in [2.05, 4.69) is 22.3 Å². The van der Waals surface area contributed by atoms with Crippen molar-refractivity contribution >= 4 is 5.91 Å². The third-order valence-corrected chi connectivity index (χ3v) is 3.06. The molecule has 0 aliphatic carbocycles. The third kappa shape index (κ3) is 4.44. The fraction of sp³-hybridized carbons (Fsp3) is 0.312. The molecular formula is C16H21N3O2. The second-order valence-electron chi connectivity index (χ2n) is 5.25. The number of nitrogens with zero attached hydrogens (tertiary/aromatic N) is 1. The van der Waals surface area contributed by atoms with Crippen LogP contribution in [-0.2, 0) is 19.6 Å². The zero-order chi connectivity index (χ0) is 15.2. The van der Waals surface area contributed by atoms with Gasteiger partial charge in [-0.25, -0.2) is 0 Å². The van der Waals surface area contributed by atoms with Crippen LogP contribution in [0.1, 0.15) is 27.2 Å². The van der Waals surface area contributed by atoms with Crippen molar-refractivity contribution in [1.29, 1.82) is 0 Å². The Kier molecular flexibility index (Phi) is 5.14. The van der Waals surface area contributed by atoms with E-state index in [4.69, 9.17) is 10.2 Å². The van der Waals surface area contributed by atoms with Crippen molar-refractivity contribution in [3.63, 3.8) is 0 Å². The Hall–Kier alpha value is -2.11. The Morgan fingerprint density at radius 3 is 2.71 bits per heavy atom. The van der Waals surface area contributed by atoms with Gasteiger partial charge in [0.1, 0.15) is 12.0 Å². The number of amides is 1. The van der Waals surface area contributed by atoms with Gasteiger partial charge in [-0.2, -0.15) is 0 Å².